The molecule has 0 aromatic carbocycles. The Balaban J connectivity index is 3.72. The largest absolute Gasteiger partial charge is 0.356 e. The van der Waals surface area contributed by atoms with Crippen molar-refractivity contribution in [2.45, 2.75) is 46.1 Å². The molecule has 0 aromatic heterocycles. The lowest BCUT2D eigenvalue weighted by molar-refractivity contribution is 0.505. The summed E-state index contributed by atoms with van der Waals surface area (Å²) in [5, 5.41) is 23.5. The van der Waals surface area contributed by atoms with Gasteiger partial charge in [-0.1, -0.05) is 13.3 Å². The van der Waals surface area contributed by atoms with E-state index in [2.05, 4.69) is 22.9 Å². The number of hydrogen-bond donors (Lipinski definition) is 5. The van der Waals surface area contributed by atoms with Crippen LogP contribution < -0.4 is 16.0 Å². The third-order valence-electron chi connectivity index (χ3n) is 1.58. The first-order valence-corrected chi connectivity index (χ1v) is 5.31. The van der Waals surface area contributed by atoms with Crippen molar-refractivity contribution in [1.29, 1.82) is 10.8 Å². The lowest BCUT2D eigenvalue weighted by Gasteiger charge is -2.23. The minimum Gasteiger partial charge on any atom is -0.356 e. The molecule has 5 nitrogen and oxygen atoms in total. The van der Waals surface area contributed by atoms with Crippen molar-refractivity contribution >= 4 is 11.9 Å². The normalized spacial score (nSPS) is 10.7. The van der Waals surface area contributed by atoms with Crippen LogP contribution in [0.1, 0.15) is 40.5 Å². The Morgan fingerprint density at radius 3 is 2.20 bits per heavy atom. The summed E-state index contributed by atoms with van der Waals surface area (Å²) in [7, 11) is 0. The van der Waals surface area contributed by atoms with Crippen LogP contribution in [-0.4, -0.2) is 24.0 Å². The maximum atomic E-state index is 7.55. The van der Waals surface area contributed by atoms with Gasteiger partial charge in [-0.25, -0.2) is 0 Å². The quantitative estimate of drug-likeness (QED) is 0.278. The fraction of sp³-hybridized carbons (Fsp3) is 0.800. The minimum absolute atomic E-state index is 0.150. The van der Waals surface area contributed by atoms with E-state index in [4.69, 9.17) is 10.8 Å². The molecule has 0 saturated carbocycles. The van der Waals surface area contributed by atoms with Gasteiger partial charge >= 0.3 is 0 Å². The molecule has 0 spiro atoms. The van der Waals surface area contributed by atoms with Crippen molar-refractivity contribution in [1.82, 2.24) is 16.0 Å². The first-order chi connectivity index (χ1) is 6.85. The number of unbranched alkanes of at least 4 members (excludes halogenated alkanes) is 1. The zero-order valence-corrected chi connectivity index (χ0v) is 10.1. The van der Waals surface area contributed by atoms with Crippen molar-refractivity contribution < 1.29 is 0 Å². The van der Waals surface area contributed by atoms with Gasteiger partial charge in [0.2, 0.25) is 0 Å². The predicted octanol–water partition coefficient (Wildman–Crippen LogP) is 1.22. The van der Waals surface area contributed by atoms with Gasteiger partial charge < -0.3 is 10.6 Å². The summed E-state index contributed by atoms with van der Waals surface area (Å²) in [6.07, 6.45) is 2.13. The molecular formula is C10H23N5. The van der Waals surface area contributed by atoms with Crippen LogP contribution in [0.25, 0.3) is 0 Å². The van der Waals surface area contributed by atoms with Crippen LogP contribution in [0.3, 0.4) is 0 Å². The van der Waals surface area contributed by atoms with Crippen LogP contribution in [0.2, 0.25) is 0 Å². The van der Waals surface area contributed by atoms with E-state index in [0.29, 0.717) is 0 Å². The summed E-state index contributed by atoms with van der Waals surface area (Å²) in [5.41, 5.74) is -0.159. The molecular weight excluding hydrogens is 190 g/mol. The van der Waals surface area contributed by atoms with E-state index in [-0.39, 0.29) is 17.5 Å². The first kappa shape index (κ1) is 13.7. The van der Waals surface area contributed by atoms with Crippen LogP contribution in [0.5, 0.6) is 0 Å². The molecule has 0 unspecified atom stereocenters. The highest BCUT2D eigenvalue weighted by atomic mass is 15.2. The highest BCUT2D eigenvalue weighted by molar-refractivity contribution is 5.95. The maximum Gasteiger partial charge on any atom is 0.195 e. The molecule has 0 aliphatic heterocycles. The number of rotatable bonds is 3. The maximum absolute atomic E-state index is 7.55. The molecule has 0 radical (unpaired) electrons. The Kier molecular flexibility index (Phi) is 5.74. The third kappa shape index (κ3) is 9.05. The zero-order chi connectivity index (χ0) is 11.9. The standard InChI is InChI=1S/C10H23N5/c1-5-6-7-13-8(11)14-9(12)15-10(2,3)4/h5-7H2,1-4H3,(H5,11,12,13,14,15). The van der Waals surface area contributed by atoms with Gasteiger partial charge in [-0.3, -0.25) is 16.1 Å². The van der Waals surface area contributed by atoms with E-state index in [1.807, 2.05) is 20.8 Å². The lowest BCUT2D eigenvalue weighted by atomic mass is 10.1. The van der Waals surface area contributed by atoms with E-state index in [1.54, 1.807) is 0 Å². The molecule has 0 bridgehead atoms. The summed E-state index contributed by atoms with van der Waals surface area (Å²) in [5.74, 6) is 0.321. The smallest absolute Gasteiger partial charge is 0.195 e. The number of nitrogens with one attached hydrogen (secondary N) is 5. The topological polar surface area (TPSA) is 83.8 Å². The second-order valence-electron chi connectivity index (χ2n) is 4.53. The molecule has 0 rings (SSSR count). The van der Waals surface area contributed by atoms with E-state index in [0.717, 1.165) is 19.4 Å². The average Bonchev–Trinajstić information content (AvgIpc) is 2.00. The van der Waals surface area contributed by atoms with Crippen LogP contribution in [0, 0.1) is 10.8 Å². The molecule has 5 N–H and O–H groups in total. The molecule has 15 heavy (non-hydrogen) atoms. The fourth-order valence-corrected chi connectivity index (χ4v) is 0.966. The van der Waals surface area contributed by atoms with Crippen molar-refractivity contribution in [3.63, 3.8) is 0 Å². The summed E-state index contributed by atoms with van der Waals surface area (Å²) < 4.78 is 0. The molecule has 0 amide bonds. The first-order valence-electron chi connectivity index (χ1n) is 5.31. The summed E-state index contributed by atoms with van der Waals surface area (Å²) in [6, 6.07) is 0. The van der Waals surface area contributed by atoms with Crippen molar-refractivity contribution in [3.8, 4) is 0 Å². The average molecular weight is 213 g/mol. The molecule has 0 aromatic rings. The van der Waals surface area contributed by atoms with Gasteiger partial charge in [-0.05, 0) is 27.2 Å². The van der Waals surface area contributed by atoms with E-state index >= 15 is 0 Å². The predicted molar refractivity (Wildman–Crippen MR) is 64.4 cm³/mol. The molecule has 0 atom stereocenters. The van der Waals surface area contributed by atoms with Crippen molar-refractivity contribution in [2.24, 2.45) is 0 Å². The fourth-order valence-electron chi connectivity index (χ4n) is 0.966. The summed E-state index contributed by atoms with van der Waals surface area (Å²) >= 11 is 0. The highest BCUT2D eigenvalue weighted by Crippen LogP contribution is 1.96. The SMILES string of the molecule is CCCCNC(=N)NC(=N)NC(C)(C)C. The van der Waals surface area contributed by atoms with Crippen molar-refractivity contribution in [2.75, 3.05) is 6.54 Å². The van der Waals surface area contributed by atoms with Crippen LogP contribution in [-0.2, 0) is 0 Å². The van der Waals surface area contributed by atoms with Gasteiger partial charge in [-0.2, -0.15) is 0 Å². The Labute approximate surface area is 92.0 Å². The minimum atomic E-state index is -0.159. The molecule has 0 saturated heterocycles. The van der Waals surface area contributed by atoms with Gasteiger partial charge in [0.25, 0.3) is 0 Å². The van der Waals surface area contributed by atoms with Crippen LogP contribution >= 0.6 is 0 Å². The van der Waals surface area contributed by atoms with E-state index < -0.39 is 0 Å². The molecule has 5 heteroatoms. The van der Waals surface area contributed by atoms with Gasteiger partial charge in [0, 0.05) is 12.1 Å². The Morgan fingerprint density at radius 1 is 1.13 bits per heavy atom. The number of guanidine groups is 2. The Morgan fingerprint density at radius 2 is 1.73 bits per heavy atom. The Bertz CT molecular complexity index is 216. The molecule has 0 fully saturated rings. The Hall–Kier alpha value is -1.26. The molecule has 88 valence electrons. The van der Waals surface area contributed by atoms with Gasteiger partial charge in [0.05, 0.1) is 0 Å². The molecule has 0 aliphatic carbocycles. The monoisotopic (exact) mass is 213 g/mol. The zero-order valence-electron chi connectivity index (χ0n) is 10.1. The van der Waals surface area contributed by atoms with Crippen molar-refractivity contribution in [3.05, 3.63) is 0 Å². The second kappa shape index (κ2) is 6.27. The van der Waals surface area contributed by atoms with Gasteiger partial charge in [0.15, 0.2) is 11.9 Å². The van der Waals surface area contributed by atoms with Crippen LogP contribution in [0.4, 0.5) is 0 Å². The van der Waals surface area contributed by atoms with Crippen LogP contribution in [0.15, 0.2) is 0 Å². The third-order valence-corrected chi connectivity index (χ3v) is 1.58. The lowest BCUT2D eigenvalue weighted by Crippen LogP contribution is -2.51. The van der Waals surface area contributed by atoms with E-state index in [1.165, 1.54) is 0 Å². The highest BCUT2D eigenvalue weighted by Gasteiger charge is 2.11. The summed E-state index contributed by atoms with van der Waals surface area (Å²) in [4.78, 5) is 0. The molecule has 0 heterocycles. The summed E-state index contributed by atoms with van der Waals surface area (Å²) in [6.45, 7) is 8.78. The van der Waals surface area contributed by atoms with Gasteiger partial charge in [-0.15, -0.1) is 0 Å². The molecule has 0 aliphatic rings. The van der Waals surface area contributed by atoms with Gasteiger partial charge in [0.1, 0.15) is 0 Å². The van der Waals surface area contributed by atoms with E-state index in [9.17, 15) is 0 Å². The second-order valence-corrected chi connectivity index (χ2v) is 4.53. The number of hydrogen-bond acceptors (Lipinski definition) is 2.